The number of primary amides is 1. The second kappa shape index (κ2) is 12.5. The molecule has 0 radical (unpaired) electrons. The topological polar surface area (TPSA) is 118 Å². The molecule has 2 aliphatic heterocycles. The molecule has 2 aromatic carbocycles. The second-order valence-electron chi connectivity index (χ2n) is 12.6. The van der Waals surface area contributed by atoms with E-state index in [4.69, 9.17) is 15.7 Å². The van der Waals surface area contributed by atoms with E-state index in [2.05, 4.69) is 49.5 Å². The lowest BCUT2D eigenvalue weighted by Gasteiger charge is -2.42. The number of amides is 1. The van der Waals surface area contributed by atoms with Gasteiger partial charge in [0.2, 0.25) is 0 Å². The molecule has 1 aliphatic carbocycles. The number of piperidine rings is 1. The van der Waals surface area contributed by atoms with E-state index in [0.29, 0.717) is 29.4 Å². The molecule has 10 nitrogen and oxygen atoms in total. The zero-order chi connectivity index (χ0) is 30.0. The van der Waals surface area contributed by atoms with Gasteiger partial charge in [0.15, 0.2) is 17.3 Å². The van der Waals surface area contributed by atoms with Gasteiger partial charge < -0.3 is 31.2 Å². The van der Waals surface area contributed by atoms with Crippen LogP contribution in [0.3, 0.4) is 0 Å². The number of hydrogen-bond acceptors (Lipinski definition) is 8. The lowest BCUT2D eigenvalue weighted by molar-refractivity contribution is 0.0982. The molecular weight excluding hydrogens is 550 g/mol. The van der Waals surface area contributed by atoms with Crippen LogP contribution in [-0.4, -0.2) is 89.1 Å². The number of carbonyl (C=O) groups excluding carboxylic acids is 1. The SMILES string of the molecule is CN1CCN(C2CCN(c3ccc(Nc4nc(NC5CCCC5)c(-c5cccc6[nH]ccc56)nc4C(N)=O)cc3)CC2)CC1. The number of aromatic nitrogens is 3. The number of aromatic amines is 1. The van der Waals surface area contributed by atoms with Crippen LogP contribution < -0.4 is 21.3 Å². The van der Waals surface area contributed by atoms with E-state index in [1.54, 1.807) is 0 Å². The van der Waals surface area contributed by atoms with Gasteiger partial charge in [0.25, 0.3) is 5.91 Å². The van der Waals surface area contributed by atoms with Crippen LogP contribution in [-0.2, 0) is 0 Å². The average molecular weight is 594 g/mol. The van der Waals surface area contributed by atoms with Crippen molar-refractivity contribution in [2.24, 2.45) is 5.73 Å². The van der Waals surface area contributed by atoms with Crippen LogP contribution in [0.25, 0.3) is 22.2 Å². The van der Waals surface area contributed by atoms with E-state index in [1.165, 1.54) is 57.5 Å². The van der Waals surface area contributed by atoms with Crippen molar-refractivity contribution < 1.29 is 4.79 Å². The minimum absolute atomic E-state index is 0.125. The largest absolute Gasteiger partial charge is 0.371 e. The molecule has 3 fully saturated rings. The third kappa shape index (κ3) is 5.96. The van der Waals surface area contributed by atoms with Crippen molar-refractivity contribution in [3.63, 3.8) is 0 Å². The summed E-state index contributed by atoms with van der Waals surface area (Å²) >= 11 is 0. The number of anilines is 4. The fourth-order valence-electron chi connectivity index (χ4n) is 7.11. The number of hydrogen-bond donors (Lipinski definition) is 4. The van der Waals surface area contributed by atoms with Gasteiger partial charge in [-0.1, -0.05) is 25.0 Å². The second-order valence-corrected chi connectivity index (χ2v) is 12.6. The number of likely N-dealkylation sites (N-methyl/N-ethyl adjacent to an activating group) is 1. The minimum Gasteiger partial charge on any atom is -0.371 e. The van der Waals surface area contributed by atoms with Gasteiger partial charge in [-0.15, -0.1) is 0 Å². The van der Waals surface area contributed by atoms with Gasteiger partial charge >= 0.3 is 0 Å². The standard InChI is InChI=1S/C34H43N9O/c1-41-19-21-43(22-20-41)26-14-17-42(18-15-26)25-11-9-24(10-12-25)38-34-31(32(35)44)39-30(33(40-34)37-23-5-2-3-6-23)28-7-4-8-29-27(28)13-16-36-29/h4,7-13,16,23,26,36H,2-3,5-6,14-15,17-22H2,1H3,(H2,35,44)(H2,37,38,40). The summed E-state index contributed by atoms with van der Waals surface area (Å²) in [5.41, 5.74) is 10.6. The van der Waals surface area contributed by atoms with Crippen molar-refractivity contribution in [1.29, 1.82) is 0 Å². The Labute approximate surface area is 259 Å². The summed E-state index contributed by atoms with van der Waals surface area (Å²) in [7, 11) is 2.21. The first kappa shape index (κ1) is 28.6. The third-order valence-electron chi connectivity index (χ3n) is 9.69. The molecule has 4 heterocycles. The van der Waals surface area contributed by atoms with Crippen LogP contribution in [0.1, 0.15) is 49.0 Å². The molecule has 5 N–H and O–H groups in total. The lowest BCUT2D eigenvalue weighted by atomic mass is 10.0. The van der Waals surface area contributed by atoms with E-state index in [0.717, 1.165) is 48.1 Å². The fourth-order valence-corrected chi connectivity index (χ4v) is 7.11. The van der Waals surface area contributed by atoms with E-state index < -0.39 is 5.91 Å². The summed E-state index contributed by atoms with van der Waals surface area (Å²) in [5, 5.41) is 8.04. The van der Waals surface area contributed by atoms with Crippen molar-refractivity contribution in [3.8, 4) is 11.3 Å². The van der Waals surface area contributed by atoms with Gasteiger partial charge in [-0.3, -0.25) is 9.69 Å². The first-order valence-electron chi connectivity index (χ1n) is 16.1. The predicted molar refractivity (Wildman–Crippen MR) is 178 cm³/mol. The van der Waals surface area contributed by atoms with Gasteiger partial charge in [0.05, 0.1) is 0 Å². The number of piperazine rings is 1. The number of carbonyl (C=O) groups is 1. The molecule has 4 aromatic rings. The lowest BCUT2D eigenvalue weighted by Crippen LogP contribution is -2.52. The summed E-state index contributed by atoms with van der Waals surface area (Å²) in [5.74, 6) is 0.413. The van der Waals surface area contributed by atoms with Crippen molar-refractivity contribution in [1.82, 2.24) is 24.8 Å². The van der Waals surface area contributed by atoms with Crippen LogP contribution in [0.15, 0.2) is 54.7 Å². The van der Waals surface area contributed by atoms with Gasteiger partial charge in [-0.2, -0.15) is 0 Å². The highest BCUT2D eigenvalue weighted by Crippen LogP contribution is 2.35. The van der Waals surface area contributed by atoms with E-state index in [9.17, 15) is 4.79 Å². The molecular formula is C34H43N9O. The Bertz CT molecular complexity index is 1600. The Hall–Kier alpha value is -4.15. The maximum absolute atomic E-state index is 12.7. The van der Waals surface area contributed by atoms with Crippen LogP contribution in [0.5, 0.6) is 0 Å². The van der Waals surface area contributed by atoms with Gasteiger partial charge in [-0.25, -0.2) is 9.97 Å². The van der Waals surface area contributed by atoms with Crippen LogP contribution in [0.2, 0.25) is 0 Å². The highest BCUT2D eigenvalue weighted by atomic mass is 16.1. The summed E-state index contributed by atoms with van der Waals surface area (Å²) in [6, 6.07) is 17.5. The first-order valence-corrected chi connectivity index (χ1v) is 16.1. The van der Waals surface area contributed by atoms with Crippen LogP contribution in [0, 0.1) is 0 Å². The molecule has 0 atom stereocenters. The Morgan fingerprint density at radius 3 is 2.36 bits per heavy atom. The Morgan fingerprint density at radius 2 is 1.64 bits per heavy atom. The predicted octanol–water partition coefficient (Wildman–Crippen LogP) is 5.04. The fraction of sp³-hybridized carbons (Fsp3) is 0.441. The molecule has 0 unspecified atom stereocenters. The molecule has 0 spiro atoms. The number of benzene rings is 2. The molecule has 10 heteroatoms. The van der Waals surface area contributed by atoms with Crippen molar-refractivity contribution >= 4 is 39.8 Å². The molecule has 3 aliphatic rings. The summed E-state index contributed by atoms with van der Waals surface area (Å²) < 4.78 is 0. The van der Waals surface area contributed by atoms with Crippen molar-refractivity contribution in [2.45, 2.75) is 50.6 Å². The van der Waals surface area contributed by atoms with E-state index in [-0.39, 0.29) is 5.69 Å². The number of H-pyrrole nitrogens is 1. The number of nitrogens with zero attached hydrogens (tertiary/aromatic N) is 5. The number of rotatable bonds is 8. The number of fused-ring (bicyclic) bond motifs is 1. The monoisotopic (exact) mass is 593 g/mol. The Morgan fingerprint density at radius 1 is 0.886 bits per heavy atom. The smallest absolute Gasteiger partial charge is 0.271 e. The van der Waals surface area contributed by atoms with Crippen molar-refractivity contribution in [2.75, 3.05) is 61.8 Å². The average Bonchev–Trinajstić information content (AvgIpc) is 3.75. The molecule has 7 rings (SSSR count). The zero-order valence-electron chi connectivity index (χ0n) is 25.6. The van der Waals surface area contributed by atoms with Crippen molar-refractivity contribution in [3.05, 3.63) is 60.4 Å². The maximum atomic E-state index is 12.7. The van der Waals surface area contributed by atoms with Crippen LogP contribution >= 0.6 is 0 Å². The Kier molecular flexibility index (Phi) is 8.10. The third-order valence-corrected chi connectivity index (χ3v) is 9.69. The highest BCUT2D eigenvalue weighted by molar-refractivity contribution is 6.00. The molecule has 2 saturated heterocycles. The zero-order valence-corrected chi connectivity index (χ0v) is 25.6. The molecule has 2 aromatic heterocycles. The summed E-state index contributed by atoms with van der Waals surface area (Å²) in [6.45, 7) is 6.82. The quantitative estimate of drug-likeness (QED) is 0.225. The van der Waals surface area contributed by atoms with Crippen LogP contribution in [0.4, 0.5) is 23.0 Å². The van der Waals surface area contributed by atoms with Gasteiger partial charge in [0.1, 0.15) is 5.69 Å². The molecule has 0 bridgehead atoms. The molecule has 1 saturated carbocycles. The summed E-state index contributed by atoms with van der Waals surface area (Å²) in [6.07, 6.45) is 8.86. The Balaban J connectivity index is 1.12. The summed E-state index contributed by atoms with van der Waals surface area (Å²) in [4.78, 5) is 33.4. The van der Waals surface area contributed by atoms with E-state index >= 15 is 0 Å². The minimum atomic E-state index is -0.616. The number of nitrogens with two attached hydrogens (primary N) is 1. The highest BCUT2D eigenvalue weighted by Gasteiger charge is 2.27. The first-order chi connectivity index (χ1) is 21.5. The van der Waals surface area contributed by atoms with Gasteiger partial charge in [0, 0.05) is 85.4 Å². The molecule has 230 valence electrons. The van der Waals surface area contributed by atoms with Gasteiger partial charge in [-0.05, 0) is 69.1 Å². The molecule has 1 amide bonds. The number of nitrogens with one attached hydrogen (secondary N) is 3. The van der Waals surface area contributed by atoms with E-state index in [1.807, 2.05) is 42.6 Å². The molecule has 44 heavy (non-hydrogen) atoms. The maximum Gasteiger partial charge on any atom is 0.271 e. The normalized spacial score (nSPS) is 19.1.